The van der Waals surface area contributed by atoms with Gasteiger partial charge in [-0.1, -0.05) is 20.8 Å². The fraction of sp³-hybridized carbons (Fsp3) is 0.933. The molecule has 3 heteroatoms. The molecule has 0 bridgehead atoms. The first kappa shape index (κ1) is 15.5. The van der Waals surface area contributed by atoms with Gasteiger partial charge in [0, 0.05) is 6.61 Å². The third-order valence-electron chi connectivity index (χ3n) is 3.69. The first-order chi connectivity index (χ1) is 8.65. The van der Waals surface area contributed by atoms with Crippen molar-refractivity contribution in [3.05, 3.63) is 0 Å². The number of rotatable bonds is 7. The minimum absolute atomic E-state index is 0.0524. The second-order valence-electron chi connectivity index (χ2n) is 5.83. The largest absolute Gasteiger partial charge is 0.378 e. The molecule has 0 aromatic rings. The normalized spacial score (nSPS) is 29.8. The highest BCUT2D eigenvalue weighted by atomic mass is 16.5. The SMILES string of the molecule is CCCNC(C#N)CCOC1CC(C)CC(C)C1. The van der Waals surface area contributed by atoms with Gasteiger partial charge in [0.05, 0.1) is 18.2 Å². The third kappa shape index (κ3) is 5.84. The predicted molar refractivity (Wildman–Crippen MR) is 74.2 cm³/mol. The Kier molecular flexibility index (Phi) is 7.31. The molecule has 104 valence electrons. The summed E-state index contributed by atoms with van der Waals surface area (Å²) >= 11 is 0. The van der Waals surface area contributed by atoms with Crippen molar-refractivity contribution < 1.29 is 4.74 Å². The zero-order chi connectivity index (χ0) is 13.4. The Bertz CT molecular complexity index is 252. The monoisotopic (exact) mass is 252 g/mol. The molecule has 1 aliphatic rings. The standard InChI is InChI=1S/C15H28N2O/c1-4-6-17-14(11-16)5-7-18-15-9-12(2)8-13(3)10-15/h12-15,17H,4-10H2,1-3H3. The maximum absolute atomic E-state index is 9.01. The maximum Gasteiger partial charge on any atom is 0.0975 e. The molecule has 0 saturated heterocycles. The number of nitrogens with one attached hydrogen (secondary N) is 1. The van der Waals surface area contributed by atoms with Crippen molar-refractivity contribution in [3.63, 3.8) is 0 Å². The van der Waals surface area contributed by atoms with Crippen LogP contribution in [0.15, 0.2) is 0 Å². The molecule has 1 rings (SSSR count). The van der Waals surface area contributed by atoms with Crippen LogP contribution in [-0.2, 0) is 4.74 Å². The summed E-state index contributed by atoms with van der Waals surface area (Å²) < 4.78 is 5.94. The second-order valence-corrected chi connectivity index (χ2v) is 5.83. The zero-order valence-electron chi connectivity index (χ0n) is 12.1. The van der Waals surface area contributed by atoms with Gasteiger partial charge in [-0.3, -0.25) is 0 Å². The minimum atomic E-state index is -0.0524. The Balaban J connectivity index is 2.18. The first-order valence-electron chi connectivity index (χ1n) is 7.40. The van der Waals surface area contributed by atoms with Crippen LogP contribution in [0, 0.1) is 23.2 Å². The molecule has 0 radical (unpaired) electrons. The summed E-state index contributed by atoms with van der Waals surface area (Å²) in [6, 6.07) is 2.25. The summed E-state index contributed by atoms with van der Waals surface area (Å²) in [7, 11) is 0. The molecule has 3 unspecified atom stereocenters. The van der Waals surface area contributed by atoms with Gasteiger partial charge >= 0.3 is 0 Å². The maximum atomic E-state index is 9.01. The van der Waals surface area contributed by atoms with Crippen LogP contribution in [0.3, 0.4) is 0 Å². The van der Waals surface area contributed by atoms with Crippen LogP contribution in [0.5, 0.6) is 0 Å². The van der Waals surface area contributed by atoms with Crippen molar-refractivity contribution >= 4 is 0 Å². The highest BCUT2D eigenvalue weighted by Crippen LogP contribution is 2.30. The molecule has 0 amide bonds. The average Bonchev–Trinajstić information content (AvgIpc) is 2.32. The zero-order valence-corrected chi connectivity index (χ0v) is 12.1. The van der Waals surface area contributed by atoms with Gasteiger partial charge in [0.15, 0.2) is 0 Å². The molecule has 3 atom stereocenters. The van der Waals surface area contributed by atoms with Crippen molar-refractivity contribution in [1.29, 1.82) is 5.26 Å². The lowest BCUT2D eigenvalue weighted by Crippen LogP contribution is -2.31. The molecule has 1 aliphatic carbocycles. The Labute approximate surface area is 112 Å². The smallest absolute Gasteiger partial charge is 0.0975 e. The van der Waals surface area contributed by atoms with Crippen LogP contribution in [-0.4, -0.2) is 25.3 Å². The third-order valence-corrected chi connectivity index (χ3v) is 3.69. The number of hydrogen-bond acceptors (Lipinski definition) is 3. The fourth-order valence-electron chi connectivity index (χ4n) is 2.89. The quantitative estimate of drug-likeness (QED) is 0.757. The molecular weight excluding hydrogens is 224 g/mol. The van der Waals surface area contributed by atoms with E-state index in [1.807, 2.05) is 0 Å². The van der Waals surface area contributed by atoms with E-state index in [2.05, 4.69) is 32.2 Å². The van der Waals surface area contributed by atoms with Crippen LogP contribution >= 0.6 is 0 Å². The van der Waals surface area contributed by atoms with E-state index in [1.54, 1.807) is 0 Å². The molecule has 0 heterocycles. The van der Waals surface area contributed by atoms with Crippen molar-refractivity contribution in [2.24, 2.45) is 11.8 Å². The summed E-state index contributed by atoms with van der Waals surface area (Å²) in [5.74, 6) is 1.56. The molecule has 1 fully saturated rings. The van der Waals surface area contributed by atoms with Gasteiger partial charge in [-0.15, -0.1) is 0 Å². The molecule has 0 aromatic carbocycles. The van der Waals surface area contributed by atoms with Crippen LogP contribution in [0.4, 0.5) is 0 Å². The van der Waals surface area contributed by atoms with Gasteiger partial charge in [0.2, 0.25) is 0 Å². The highest BCUT2D eigenvalue weighted by Gasteiger charge is 2.24. The molecule has 1 saturated carbocycles. The molecule has 3 nitrogen and oxygen atoms in total. The lowest BCUT2D eigenvalue weighted by Gasteiger charge is -2.31. The minimum Gasteiger partial charge on any atom is -0.378 e. The number of nitriles is 1. The van der Waals surface area contributed by atoms with Gasteiger partial charge in [-0.2, -0.15) is 5.26 Å². The van der Waals surface area contributed by atoms with E-state index in [4.69, 9.17) is 10.00 Å². The van der Waals surface area contributed by atoms with Crippen molar-refractivity contribution in [2.45, 2.75) is 65.0 Å². The summed E-state index contributed by atoms with van der Waals surface area (Å²) in [5, 5.41) is 12.2. The Morgan fingerprint density at radius 1 is 1.28 bits per heavy atom. The molecule has 0 aliphatic heterocycles. The van der Waals surface area contributed by atoms with E-state index in [-0.39, 0.29) is 6.04 Å². The van der Waals surface area contributed by atoms with Gasteiger partial charge in [0.25, 0.3) is 0 Å². The highest BCUT2D eigenvalue weighted by molar-refractivity contribution is 4.89. The predicted octanol–water partition coefficient (Wildman–Crippen LogP) is 3.11. The van der Waals surface area contributed by atoms with E-state index in [9.17, 15) is 0 Å². The summed E-state index contributed by atoms with van der Waals surface area (Å²) in [6.45, 7) is 8.36. The topological polar surface area (TPSA) is 45.0 Å². The van der Waals surface area contributed by atoms with E-state index < -0.39 is 0 Å². The molecule has 1 N–H and O–H groups in total. The van der Waals surface area contributed by atoms with Crippen molar-refractivity contribution in [3.8, 4) is 6.07 Å². The van der Waals surface area contributed by atoms with Crippen LogP contribution in [0.25, 0.3) is 0 Å². The van der Waals surface area contributed by atoms with Crippen LogP contribution in [0.1, 0.15) is 52.9 Å². The lowest BCUT2D eigenvalue weighted by atomic mass is 9.82. The first-order valence-corrected chi connectivity index (χ1v) is 7.40. The van der Waals surface area contributed by atoms with E-state index in [0.717, 1.165) is 31.2 Å². The van der Waals surface area contributed by atoms with Crippen molar-refractivity contribution in [2.75, 3.05) is 13.2 Å². The molecular formula is C15H28N2O. The molecule has 0 aromatic heterocycles. The fourth-order valence-corrected chi connectivity index (χ4v) is 2.89. The van der Waals surface area contributed by atoms with Gasteiger partial charge in [0.1, 0.15) is 0 Å². The second kappa shape index (κ2) is 8.50. The Hall–Kier alpha value is -0.590. The van der Waals surface area contributed by atoms with E-state index in [0.29, 0.717) is 12.7 Å². The van der Waals surface area contributed by atoms with Crippen LogP contribution < -0.4 is 5.32 Å². The van der Waals surface area contributed by atoms with Crippen LogP contribution in [0.2, 0.25) is 0 Å². The van der Waals surface area contributed by atoms with Gasteiger partial charge in [-0.25, -0.2) is 0 Å². The number of ether oxygens (including phenoxy) is 1. The van der Waals surface area contributed by atoms with Gasteiger partial charge in [-0.05, 0) is 50.5 Å². The molecule has 18 heavy (non-hydrogen) atoms. The van der Waals surface area contributed by atoms with Gasteiger partial charge < -0.3 is 10.1 Å². The lowest BCUT2D eigenvalue weighted by molar-refractivity contribution is -0.00131. The van der Waals surface area contributed by atoms with Crippen molar-refractivity contribution in [1.82, 2.24) is 5.32 Å². The summed E-state index contributed by atoms with van der Waals surface area (Å²) in [5.41, 5.74) is 0. The molecule has 0 spiro atoms. The Morgan fingerprint density at radius 3 is 2.50 bits per heavy atom. The van der Waals surface area contributed by atoms with E-state index >= 15 is 0 Å². The number of nitrogens with zero attached hydrogens (tertiary/aromatic N) is 1. The Morgan fingerprint density at radius 2 is 1.94 bits per heavy atom. The number of hydrogen-bond donors (Lipinski definition) is 1. The summed E-state index contributed by atoms with van der Waals surface area (Å²) in [6.07, 6.45) is 5.98. The summed E-state index contributed by atoms with van der Waals surface area (Å²) in [4.78, 5) is 0. The average molecular weight is 252 g/mol. The van der Waals surface area contributed by atoms with E-state index in [1.165, 1.54) is 19.3 Å².